The lowest BCUT2D eigenvalue weighted by Crippen LogP contribution is -2.48. The van der Waals surface area contributed by atoms with E-state index in [9.17, 15) is 9.59 Å². The van der Waals surface area contributed by atoms with Crippen molar-refractivity contribution in [3.63, 3.8) is 0 Å². The Hall–Kier alpha value is -3.09. The van der Waals surface area contributed by atoms with Gasteiger partial charge >= 0.3 is 0 Å². The molecule has 1 fully saturated rings. The quantitative estimate of drug-likeness (QED) is 0.884. The molecule has 1 aromatic heterocycles. The predicted octanol–water partition coefficient (Wildman–Crippen LogP) is 2.53. The van der Waals surface area contributed by atoms with Crippen LogP contribution in [0.3, 0.4) is 0 Å². The molecule has 1 aromatic carbocycles. The van der Waals surface area contributed by atoms with Gasteiger partial charge in [-0.15, -0.1) is 0 Å². The summed E-state index contributed by atoms with van der Waals surface area (Å²) < 4.78 is 5.93. The molecule has 2 aliphatic heterocycles. The van der Waals surface area contributed by atoms with Crippen molar-refractivity contribution < 1.29 is 14.3 Å². The third-order valence-corrected chi connectivity index (χ3v) is 5.21. The normalized spacial score (nSPS) is 19.6. The Labute approximate surface area is 164 Å². The highest BCUT2D eigenvalue weighted by atomic mass is 16.5. The van der Waals surface area contributed by atoms with E-state index in [0.29, 0.717) is 11.6 Å². The highest BCUT2D eigenvalue weighted by Gasteiger charge is 2.38. The van der Waals surface area contributed by atoms with Crippen LogP contribution in [0.5, 0.6) is 5.75 Å². The summed E-state index contributed by atoms with van der Waals surface area (Å²) in [5.74, 6) is 0.659. The number of anilines is 2. The van der Waals surface area contributed by atoms with Crippen LogP contribution in [-0.4, -0.2) is 41.3 Å². The minimum absolute atomic E-state index is 0.0605. The Morgan fingerprint density at radius 3 is 2.50 bits per heavy atom. The standard InChI is InChI=1S/C21H24N4O3/c22-17-11-10-16-20(23-17)25(14-18(26)24-12-6-1-2-7-13-24)21(27)19(28-16)15-8-4-3-5-9-15/h3-5,8-11,19H,1-2,6-7,12-14H2,(H2,22,23). The SMILES string of the molecule is Nc1ccc2c(n1)N(CC(=O)N1CCCCCC1)C(=O)C(c1ccccc1)O2. The number of amides is 2. The van der Waals surface area contributed by atoms with Gasteiger partial charge in [0.05, 0.1) is 0 Å². The van der Waals surface area contributed by atoms with E-state index in [1.165, 1.54) is 4.90 Å². The molecule has 28 heavy (non-hydrogen) atoms. The van der Waals surface area contributed by atoms with E-state index in [2.05, 4.69) is 4.98 Å². The van der Waals surface area contributed by atoms with Gasteiger partial charge in [0, 0.05) is 18.7 Å². The maximum Gasteiger partial charge on any atom is 0.274 e. The highest BCUT2D eigenvalue weighted by molar-refractivity contribution is 6.03. The molecular formula is C21H24N4O3. The summed E-state index contributed by atoms with van der Waals surface area (Å²) in [6, 6.07) is 12.6. The molecule has 0 spiro atoms. The van der Waals surface area contributed by atoms with Crippen LogP contribution in [0, 0.1) is 0 Å². The first-order chi connectivity index (χ1) is 13.6. The molecule has 0 saturated carbocycles. The molecule has 2 aromatic rings. The fraction of sp³-hybridized carbons (Fsp3) is 0.381. The van der Waals surface area contributed by atoms with Crippen LogP contribution in [-0.2, 0) is 9.59 Å². The molecule has 146 valence electrons. The van der Waals surface area contributed by atoms with Crippen LogP contribution >= 0.6 is 0 Å². The number of aromatic nitrogens is 1. The predicted molar refractivity (Wildman–Crippen MR) is 106 cm³/mol. The number of hydrogen-bond acceptors (Lipinski definition) is 5. The van der Waals surface area contributed by atoms with Crippen molar-refractivity contribution in [1.29, 1.82) is 0 Å². The summed E-state index contributed by atoms with van der Waals surface area (Å²) in [7, 11) is 0. The van der Waals surface area contributed by atoms with Crippen molar-refractivity contribution in [2.45, 2.75) is 31.8 Å². The van der Waals surface area contributed by atoms with E-state index in [4.69, 9.17) is 10.5 Å². The van der Waals surface area contributed by atoms with E-state index in [0.717, 1.165) is 44.3 Å². The van der Waals surface area contributed by atoms with Gasteiger partial charge < -0.3 is 15.4 Å². The first-order valence-electron chi connectivity index (χ1n) is 9.71. The molecular weight excluding hydrogens is 356 g/mol. The lowest BCUT2D eigenvalue weighted by molar-refractivity contribution is -0.133. The Morgan fingerprint density at radius 1 is 1.07 bits per heavy atom. The number of rotatable bonds is 3. The van der Waals surface area contributed by atoms with E-state index in [-0.39, 0.29) is 24.2 Å². The highest BCUT2D eigenvalue weighted by Crippen LogP contribution is 2.38. The van der Waals surface area contributed by atoms with E-state index < -0.39 is 6.10 Å². The first kappa shape index (κ1) is 18.3. The third kappa shape index (κ3) is 3.65. The van der Waals surface area contributed by atoms with Gasteiger partial charge in [-0.1, -0.05) is 43.2 Å². The van der Waals surface area contributed by atoms with Crippen molar-refractivity contribution in [3.05, 3.63) is 48.0 Å². The second-order valence-corrected chi connectivity index (χ2v) is 7.19. The lowest BCUT2D eigenvalue weighted by Gasteiger charge is -2.34. The Kier molecular flexibility index (Phi) is 5.14. The van der Waals surface area contributed by atoms with E-state index in [1.54, 1.807) is 12.1 Å². The average molecular weight is 380 g/mol. The van der Waals surface area contributed by atoms with Crippen molar-refractivity contribution in [2.75, 3.05) is 30.3 Å². The summed E-state index contributed by atoms with van der Waals surface area (Å²) in [5, 5.41) is 0. The van der Waals surface area contributed by atoms with Crippen molar-refractivity contribution >= 4 is 23.5 Å². The van der Waals surface area contributed by atoms with Gasteiger partial charge in [0.15, 0.2) is 11.6 Å². The number of nitrogens with zero attached hydrogens (tertiary/aromatic N) is 3. The number of benzene rings is 1. The van der Waals surface area contributed by atoms with Crippen LogP contribution in [0.4, 0.5) is 11.6 Å². The van der Waals surface area contributed by atoms with Crippen molar-refractivity contribution in [1.82, 2.24) is 9.88 Å². The van der Waals surface area contributed by atoms with Crippen LogP contribution in [0.15, 0.2) is 42.5 Å². The second-order valence-electron chi connectivity index (χ2n) is 7.19. The van der Waals surface area contributed by atoms with Gasteiger partial charge in [-0.25, -0.2) is 4.98 Å². The molecule has 7 nitrogen and oxygen atoms in total. The van der Waals surface area contributed by atoms with Crippen molar-refractivity contribution in [3.8, 4) is 5.75 Å². The minimum Gasteiger partial charge on any atom is -0.472 e. The summed E-state index contributed by atoms with van der Waals surface area (Å²) in [6.45, 7) is 1.41. The zero-order chi connectivity index (χ0) is 19.5. The number of carbonyl (C=O) groups is 2. The molecule has 0 aliphatic carbocycles. The Bertz CT molecular complexity index is 863. The third-order valence-electron chi connectivity index (χ3n) is 5.21. The molecule has 0 bridgehead atoms. The molecule has 2 amide bonds. The molecule has 3 heterocycles. The number of nitrogen functional groups attached to an aromatic ring is 1. The Balaban J connectivity index is 1.64. The topological polar surface area (TPSA) is 88.8 Å². The van der Waals surface area contributed by atoms with Gasteiger partial charge in [-0.3, -0.25) is 14.5 Å². The number of likely N-dealkylation sites (tertiary alicyclic amines) is 1. The Morgan fingerprint density at radius 2 is 1.79 bits per heavy atom. The molecule has 7 heteroatoms. The molecule has 2 N–H and O–H groups in total. The van der Waals surface area contributed by atoms with E-state index >= 15 is 0 Å². The van der Waals surface area contributed by atoms with E-state index in [1.807, 2.05) is 35.2 Å². The van der Waals surface area contributed by atoms with Gasteiger partial charge in [-0.05, 0) is 25.0 Å². The molecule has 1 atom stereocenters. The molecule has 1 unspecified atom stereocenters. The zero-order valence-corrected chi connectivity index (χ0v) is 15.7. The second kappa shape index (κ2) is 7.88. The average Bonchev–Trinajstić information content (AvgIpc) is 3.00. The van der Waals surface area contributed by atoms with Crippen LogP contribution in [0.25, 0.3) is 0 Å². The number of fused-ring (bicyclic) bond motifs is 1. The summed E-state index contributed by atoms with van der Waals surface area (Å²) in [5.41, 5.74) is 6.57. The van der Waals surface area contributed by atoms with Gasteiger partial charge in [0.2, 0.25) is 12.0 Å². The minimum atomic E-state index is -0.809. The van der Waals surface area contributed by atoms with Crippen LogP contribution < -0.4 is 15.4 Å². The largest absolute Gasteiger partial charge is 0.472 e. The maximum absolute atomic E-state index is 13.2. The number of hydrogen-bond donors (Lipinski definition) is 1. The number of nitrogens with two attached hydrogens (primary N) is 1. The summed E-state index contributed by atoms with van der Waals surface area (Å²) >= 11 is 0. The van der Waals surface area contributed by atoms with Gasteiger partial charge in [0.25, 0.3) is 5.91 Å². The molecule has 4 rings (SSSR count). The molecule has 0 radical (unpaired) electrons. The van der Waals surface area contributed by atoms with Gasteiger partial charge in [0.1, 0.15) is 12.4 Å². The smallest absolute Gasteiger partial charge is 0.274 e. The van der Waals surface area contributed by atoms with Crippen LogP contribution in [0.2, 0.25) is 0 Å². The maximum atomic E-state index is 13.2. The number of pyridine rings is 1. The summed E-state index contributed by atoms with van der Waals surface area (Å²) in [6.07, 6.45) is 3.46. The first-order valence-corrected chi connectivity index (χ1v) is 9.71. The summed E-state index contributed by atoms with van der Waals surface area (Å²) in [4.78, 5) is 33.7. The van der Waals surface area contributed by atoms with Crippen molar-refractivity contribution in [2.24, 2.45) is 0 Å². The zero-order valence-electron chi connectivity index (χ0n) is 15.7. The lowest BCUT2D eigenvalue weighted by atomic mass is 10.1. The fourth-order valence-electron chi connectivity index (χ4n) is 3.71. The molecule has 2 aliphatic rings. The molecule has 1 saturated heterocycles. The van der Waals surface area contributed by atoms with Gasteiger partial charge in [-0.2, -0.15) is 0 Å². The van der Waals surface area contributed by atoms with Crippen LogP contribution in [0.1, 0.15) is 37.4 Å². The number of ether oxygens (including phenoxy) is 1. The monoisotopic (exact) mass is 380 g/mol. The fourth-order valence-corrected chi connectivity index (χ4v) is 3.71. The number of carbonyl (C=O) groups excluding carboxylic acids is 2.